The van der Waals surface area contributed by atoms with Gasteiger partial charge in [-0.05, 0) is 24.8 Å². The number of aliphatic hydroxyl groups excluding tert-OH is 1. The number of aliphatic hydroxyl groups is 1. The first kappa shape index (κ1) is 20.7. The van der Waals surface area contributed by atoms with E-state index in [-0.39, 0.29) is 25.5 Å². The fourth-order valence-electron chi connectivity index (χ4n) is 3.35. The van der Waals surface area contributed by atoms with Gasteiger partial charge in [-0.25, -0.2) is 9.59 Å². The molecular weight excluding hydrogens is 352 g/mol. The first-order chi connectivity index (χ1) is 12.7. The van der Waals surface area contributed by atoms with E-state index in [2.05, 4.69) is 5.32 Å². The van der Waals surface area contributed by atoms with Gasteiger partial charge in [0.1, 0.15) is 18.2 Å². The van der Waals surface area contributed by atoms with Crippen LogP contribution in [0.3, 0.4) is 0 Å². The minimum atomic E-state index is -1.60. The number of carboxylic acid groups (broad SMARTS) is 1. The third-order valence-corrected chi connectivity index (χ3v) is 4.86. The summed E-state index contributed by atoms with van der Waals surface area (Å²) in [5, 5.41) is 22.2. The highest BCUT2D eigenvalue weighted by atomic mass is 16.5. The Bertz CT molecular complexity index is 691. The van der Waals surface area contributed by atoms with Crippen LogP contribution in [-0.4, -0.2) is 57.3 Å². The molecule has 27 heavy (non-hydrogen) atoms. The summed E-state index contributed by atoms with van der Waals surface area (Å²) in [5.74, 6) is -2.05. The molecule has 3 N–H and O–H groups in total. The van der Waals surface area contributed by atoms with Crippen LogP contribution >= 0.6 is 0 Å². The summed E-state index contributed by atoms with van der Waals surface area (Å²) < 4.78 is 5.16. The van der Waals surface area contributed by atoms with Crippen molar-refractivity contribution in [3.8, 4) is 0 Å². The van der Waals surface area contributed by atoms with E-state index in [9.17, 15) is 24.6 Å². The molecule has 1 saturated heterocycles. The number of carbonyl (C=O) groups excluding carboxylic acids is 2. The first-order valence-electron chi connectivity index (χ1n) is 8.90. The molecule has 0 aliphatic carbocycles. The molecule has 0 saturated carbocycles. The van der Waals surface area contributed by atoms with Gasteiger partial charge in [0, 0.05) is 6.54 Å². The van der Waals surface area contributed by atoms with Crippen LogP contribution < -0.4 is 5.32 Å². The lowest BCUT2D eigenvalue weighted by molar-refractivity contribution is -0.153. The highest BCUT2D eigenvalue weighted by molar-refractivity contribution is 5.95. The van der Waals surface area contributed by atoms with Crippen LogP contribution in [-0.2, 0) is 20.9 Å². The van der Waals surface area contributed by atoms with Crippen LogP contribution in [0.2, 0.25) is 0 Å². The van der Waals surface area contributed by atoms with Gasteiger partial charge in [-0.1, -0.05) is 44.2 Å². The van der Waals surface area contributed by atoms with Gasteiger partial charge in [-0.2, -0.15) is 0 Å². The van der Waals surface area contributed by atoms with Crippen molar-refractivity contribution in [1.29, 1.82) is 0 Å². The maximum absolute atomic E-state index is 13.0. The van der Waals surface area contributed by atoms with Crippen molar-refractivity contribution in [3.63, 3.8) is 0 Å². The zero-order chi connectivity index (χ0) is 20.2. The number of aliphatic carboxylic acids is 1. The molecule has 1 aliphatic rings. The van der Waals surface area contributed by atoms with E-state index in [1.807, 2.05) is 18.2 Å². The predicted octanol–water partition coefficient (Wildman–Crippen LogP) is 1.37. The van der Waals surface area contributed by atoms with Crippen LogP contribution in [0.4, 0.5) is 4.79 Å². The summed E-state index contributed by atoms with van der Waals surface area (Å²) in [6.07, 6.45) is -1.95. The number of ether oxygens (including phenoxy) is 1. The van der Waals surface area contributed by atoms with E-state index >= 15 is 0 Å². The Balaban J connectivity index is 2.12. The lowest BCUT2D eigenvalue weighted by Crippen LogP contribution is -2.62. The number of hydrogen-bond acceptors (Lipinski definition) is 5. The summed E-state index contributed by atoms with van der Waals surface area (Å²) in [7, 11) is 0. The van der Waals surface area contributed by atoms with Gasteiger partial charge < -0.3 is 25.2 Å². The quantitative estimate of drug-likeness (QED) is 0.660. The lowest BCUT2D eigenvalue weighted by Gasteiger charge is -2.33. The van der Waals surface area contributed by atoms with E-state index < -0.39 is 35.7 Å². The second-order valence-electron chi connectivity index (χ2n) is 7.11. The summed E-state index contributed by atoms with van der Waals surface area (Å²) in [6, 6.07) is 8.01. The topological polar surface area (TPSA) is 116 Å². The number of rotatable bonds is 7. The van der Waals surface area contributed by atoms with E-state index in [0.29, 0.717) is 0 Å². The van der Waals surface area contributed by atoms with Gasteiger partial charge in [-0.15, -0.1) is 0 Å². The van der Waals surface area contributed by atoms with E-state index in [0.717, 1.165) is 5.56 Å². The van der Waals surface area contributed by atoms with Crippen LogP contribution in [0.1, 0.15) is 32.8 Å². The maximum atomic E-state index is 13.0. The molecule has 3 atom stereocenters. The van der Waals surface area contributed by atoms with E-state index in [1.165, 1.54) is 11.8 Å². The van der Waals surface area contributed by atoms with Gasteiger partial charge in [0.15, 0.2) is 0 Å². The number of likely N-dealkylation sites (tertiary alicyclic amines) is 1. The maximum Gasteiger partial charge on any atom is 0.408 e. The molecule has 8 heteroatoms. The van der Waals surface area contributed by atoms with Crippen molar-refractivity contribution in [2.75, 3.05) is 6.54 Å². The molecule has 8 nitrogen and oxygen atoms in total. The fourth-order valence-corrected chi connectivity index (χ4v) is 3.35. The van der Waals surface area contributed by atoms with Gasteiger partial charge in [0.25, 0.3) is 5.91 Å². The van der Waals surface area contributed by atoms with Crippen LogP contribution in [0.5, 0.6) is 0 Å². The minimum absolute atomic E-state index is 0.0181. The van der Waals surface area contributed by atoms with Gasteiger partial charge in [-0.3, -0.25) is 4.79 Å². The molecule has 1 aliphatic heterocycles. The Labute approximate surface area is 158 Å². The van der Waals surface area contributed by atoms with Gasteiger partial charge >= 0.3 is 12.1 Å². The van der Waals surface area contributed by atoms with Crippen molar-refractivity contribution >= 4 is 18.0 Å². The Hall–Kier alpha value is -2.61. The van der Waals surface area contributed by atoms with Crippen LogP contribution in [0.25, 0.3) is 0 Å². The number of carboxylic acids is 1. The Morgan fingerprint density at radius 2 is 1.89 bits per heavy atom. The zero-order valence-corrected chi connectivity index (χ0v) is 15.7. The standard InChI is InChI=1S/C19H26N2O6/c1-12(2)15(16(23)24)21-10-9-19(13(3)22,17(21)25)20-18(26)27-11-14-7-5-4-6-8-14/h4-8,12-13,15,22H,9-11H2,1-3H3,(H,20,26)(H,23,24)/t13-,15+,19+/m1/s1. The largest absolute Gasteiger partial charge is 0.480 e. The third kappa shape index (κ3) is 4.39. The Kier molecular flexibility index (Phi) is 6.43. The molecule has 0 bridgehead atoms. The van der Waals surface area contributed by atoms with E-state index in [4.69, 9.17) is 4.74 Å². The number of benzene rings is 1. The lowest BCUT2D eigenvalue weighted by atomic mass is 9.91. The molecule has 148 valence electrons. The first-order valence-corrected chi connectivity index (χ1v) is 8.90. The Morgan fingerprint density at radius 1 is 1.26 bits per heavy atom. The molecule has 1 fully saturated rings. The summed E-state index contributed by atoms with van der Waals surface area (Å²) in [6.45, 7) is 4.94. The van der Waals surface area contributed by atoms with Gasteiger partial charge in [0.2, 0.25) is 0 Å². The average Bonchev–Trinajstić information content (AvgIpc) is 2.91. The number of nitrogens with one attached hydrogen (secondary N) is 1. The molecule has 1 aromatic carbocycles. The third-order valence-electron chi connectivity index (χ3n) is 4.86. The average molecular weight is 378 g/mol. The van der Waals surface area contributed by atoms with Crippen molar-refractivity contribution < 1.29 is 29.3 Å². The van der Waals surface area contributed by atoms with Crippen molar-refractivity contribution in [1.82, 2.24) is 10.2 Å². The molecule has 0 unspecified atom stereocenters. The predicted molar refractivity (Wildman–Crippen MR) is 96.8 cm³/mol. The smallest absolute Gasteiger partial charge is 0.408 e. The molecule has 0 spiro atoms. The van der Waals surface area contributed by atoms with Crippen molar-refractivity contribution in [3.05, 3.63) is 35.9 Å². The van der Waals surface area contributed by atoms with Crippen LogP contribution in [0.15, 0.2) is 30.3 Å². The highest BCUT2D eigenvalue weighted by Crippen LogP contribution is 2.30. The number of amides is 2. The summed E-state index contributed by atoms with van der Waals surface area (Å²) in [5.41, 5.74) is -0.819. The number of nitrogens with zero attached hydrogens (tertiary/aromatic N) is 1. The molecule has 0 aromatic heterocycles. The normalized spacial score (nSPS) is 21.8. The molecular formula is C19H26N2O6. The second kappa shape index (κ2) is 8.39. The summed E-state index contributed by atoms with van der Waals surface area (Å²) in [4.78, 5) is 38.0. The van der Waals surface area contributed by atoms with Crippen LogP contribution in [0, 0.1) is 5.92 Å². The van der Waals surface area contributed by atoms with E-state index in [1.54, 1.807) is 26.0 Å². The number of alkyl carbamates (subject to hydrolysis) is 1. The zero-order valence-electron chi connectivity index (χ0n) is 15.7. The van der Waals surface area contributed by atoms with Crippen molar-refractivity contribution in [2.24, 2.45) is 5.92 Å². The number of carbonyl (C=O) groups is 3. The highest BCUT2D eigenvalue weighted by Gasteiger charge is 2.54. The SMILES string of the molecule is CC(C)[C@@H](C(=O)O)N1CC[C@](NC(=O)OCc2ccccc2)([C@@H](C)O)C1=O. The molecule has 2 rings (SSSR count). The number of hydrogen-bond donors (Lipinski definition) is 3. The molecule has 1 heterocycles. The summed E-state index contributed by atoms with van der Waals surface area (Å²) >= 11 is 0. The minimum Gasteiger partial charge on any atom is -0.480 e. The monoisotopic (exact) mass is 378 g/mol. The second-order valence-corrected chi connectivity index (χ2v) is 7.11. The molecule has 2 amide bonds. The van der Waals surface area contributed by atoms with Crippen molar-refractivity contribution in [2.45, 2.75) is 51.5 Å². The Morgan fingerprint density at radius 3 is 2.41 bits per heavy atom. The molecule has 1 aromatic rings. The molecule has 0 radical (unpaired) electrons. The fraction of sp³-hybridized carbons (Fsp3) is 0.526. The van der Waals surface area contributed by atoms with Gasteiger partial charge in [0.05, 0.1) is 6.10 Å².